The van der Waals surface area contributed by atoms with Crippen molar-refractivity contribution < 1.29 is 17.6 Å². The molecule has 2 aromatic rings. The molecule has 8 nitrogen and oxygen atoms in total. The molecule has 170 valence electrons. The summed E-state index contributed by atoms with van der Waals surface area (Å²) in [5, 5.41) is 3.06. The number of hydrogen-bond donors (Lipinski definition) is 2. The van der Waals surface area contributed by atoms with Gasteiger partial charge in [-0.3, -0.25) is 9.36 Å². The summed E-state index contributed by atoms with van der Waals surface area (Å²) in [5.74, 6) is 0.0225. The van der Waals surface area contributed by atoms with Crippen molar-refractivity contribution in [1.29, 1.82) is 0 Å². The lowest BCUT2D eigenvalue weighted by molar-refractivity contribution is -0.123. The molecule has 3 atom stereocenters. The number of sulfonamides is 1. The van der Waals surface area contributed by atoms with Gasteiger partial charge in [-0.05, 0) is 43.2 Å². The van der Waals surface area contributed by atoms with E-state index in [9.17, 15) is 18.0 Å². The van der Waals surface area contributed by atoms with Crippen molar-refractivity contribution in [2.24, 2.45) is 11.8 Å². The molecule has 0 radical (unpaired) electrons. The highest BCUT2D eigenvalue weighted by Gasteiger charge is 2.29. The number of carbonyl (C=O) groups excluding carboxylic acids is 1. The molecule has 2 fully saturated rings. The number of aromatic nitrogens is 1. The maximum atomic E-state index is 12.7. The van der Waals surface area contributed by atoms with Crippen LogP contribution in [0.2, 0.25) is 0 Å². The molecule has 0 bridgehead atoms. The fourth-order valence-corrected chi connectivity index (χ4v) is 6.20. The highest BCUT2D eigenvalue weighted by atomic mass is 32.2. The number of benzene rings is 1. The second-order valence-corrected chi connectivity index (χ2v) is 10.8. The molecule has 31 heavy (non-hydrogen) atoms. The second-order valence-electron chi connectivity index (χ2n) is 9.13. The van der Waals surface area contributed by atoms with E-state index < -0.39 is 15.8 Å². The Balaban J connectivity index is 1.51. The van der Waals surface area contributed by atoms with Crippen LogP contribution in [0.15, 0.2) is 32.3 Å². The van der Waals surface area contributed by atoms with Crippen molar-refractivity contribution in [1.82, 2.24) is 14.6 Å². The molecule has 3 unspecified atom stereocenters. The summed E-state index contributed by atoms with van der Waals surface area (Å²) in [6.07, 6.45) is 6.89. The molecule has 2 aliphatic carbocycles. The summed E-state index contributed by atoms with van der Waals surface area (Å²) < 4.78 is 34.6. The van der Waals surface area contributed by atoms with Gasteiger partial charge in [0, 0.05) is 18.2 Å². The number of amides is 1. The molecule has 0 saturated heterocycles. The molecule has 1 amide bonds. The number of oxazole rings is 1. The Bertz CT molecular complexity index is 1110. The van der Waals surface area contributed by atoms with Gasteiger partial charge in [0.2, 0.25) is 15.9 Å². The monoisotopic (exact) mass is 449 g/mol. The van der Waals surface area contributed by atoms with Crippen LogP contribution in [0.1, 0.15) is 58.8 Å². The first-order valence-electron chi connectivity index (χ1n) is 11.2. The zero-order chi connectivity index (χ0) is 22.2. The first-order chi connectivity index (χ1) is 14.7. The van der Waals surface area contributed by atoms with Crippen molar-refractivity contribution in [2.75, 3.05) is 0 Å². The summed E-state index contributed by atoms with van der Waals surface area (Å²) in [6, 6.07) is 4.39. The summed E-state index contributed by atoms with van der Waals surface area (Å²) >= 11 is 0. The van der Waals surface area contributed by atoms with Crippen molar-refractivity contribution in [3.8, 4) is 0 Å². The van der Waals surface area contributed by atoms with E-state index in [1.165, 1.54) is 29.2 Å². The Labute approximate surface area is 182 Å². The zero-order valence-electron chi connectivity index (χ0n) is 18.1. The van der Waals surface area contributed by atoms with E-state index >= 15 is 0 Å². The van der Waals surface area contributed by atoms with Crippen LogP contribution in [-0.4, -0.2) is 31.0 Å². The highest BCUT2D eigenvalue weighted by molar-refractivity contribution is 7.89. The van der Waals surface area contributed by atoms with Gasteiger partial charge in [0.05, 0.1) is 10.4 Å². The van der Waals surface area contributed by atoms with Crippen LogP contribution in [0, 0.1) is 11.8 Å². The summed E-state index contributed by atoms with van der Waals surface area (Å²) in [6.45, 7) is 4.19. The van der Waals surface area contributed by atoms with Crippen LogP contribution >= 0.6 is 0 Å². The fourth-order valence-electron chi connectivity index (χ4n) is 4.88. The third kappa shape index (κ3) is 4.72. The number of hydrogen-bond acceptors (Lipinski definition) is 5. The second kappa shape index (κ2) is 8.78. The lowest BCUT2D eigenvalue weighted by Crippen LogP contribution is -2.45. The molecule has 0 spiro atoms. The smallest absolute Gasteiger partial charge is 0.408 e. The highest BCUT2D eigenvalue weighted by Crippen LogP contribution is 2.29. The van der Waals surface area contributed by atoms with Crippen molar-refractivity contribution >= 4 is 27.0 Å². The third-order valence-electron chi connectivity index (χ3n) is 6.98. The van der Waals surface area contributed by atoms with E-state index in [0.717, 1.165) is 38.5 Å². The molecule has 2 N–H and O–H groups in total. The number of nitrogens with one attached hydrogen (secondary N) is 2. The molecule has 1 aromatic heterocycles. The quantitative estimate of drug-likeness (QED) is 0.705. The average Bonchev–Trinajstić information content (AvgIpc) is 3.32. The van der Waals surface area contributed by atoms with Crippen molar-refractivity contribution in [3.63, 3.8) is 0 Å². The zero-order valence-corrected chi connectivity index (χ0v) is 18.9. The molecule has 2 aliphatic rings. The standard InChI is InChI=1S/C22H31N3O5S/c1-14-6-5-9-18(15(14)2)23-21(26)13-25-19-11-10-17(12-20(19)30-22(25)27)31(28,29)24-16-7-3-4-8-16/h10-12,14-16,18,24H,3-9,13H2,1-2H3,(H,23,26). The number of rotatable bonds is 6. The Morgan fingerprint density at radius 1 is 1.13 bits per heavy atom. The van der Waals surface area contributed by atoms with Gasteiger partial charge in [-0.15, -0.1) is 0 Å². The third-order valence-corrected chi connectivity index (χ3v) is 8.50. The molecule has 1 heterocycles. The number of fused-ring (bicyclic) bond motifs is 1. The summed E-state index contributed by atoms with van der Waals surface area (Å²) in [5.41, 5.74) is 0.566. The largest absolute Gasteiger partial charge is 0.420 e. The molecule has 0 aliphatic heterocycles. The van der Waals surface area contributed by atoms with Gasteiger partial charge in [0.1, 0.15) is 6.54 Å². The van der Waals surface area contributed by atoms with Crippen molar-refractivity contribution in [3.05, 3.63) is 28.7 Å². The Morgan fingerprint density at radius 3 is 2.61 bits per heavy atom. The van der Waals surface area contributed by atoms with Crippen LogP contribution in [0.3, 0.4) is 0 Å². The Morgan fingerprint density at radius 2 is 1.87 bits per heavy atom. The van der Waals surface area contributed by atoms with Gasteiger partial charge in [-0.25, -0.2) is 17.9 Å². The minimum atomic E-state index is -3.69. The van der Waals surface area contributed by atoms with Crippen molar-refractivity contribution in [2.45, 2.75) is 82.3 Å². The number of carbonyl (C=O) groups is 1. The van der Waals surface area contributed by atoms with E-state index in [1.54, 1.807) is 0 Å². The van der Waals surface area contributed by atoms with Crippen LogP contribution in [0.4, 0.5) is 0 Å². The number of nitrogens with zero attached hydrogens (tertiary/aromatic N) is 1. The minimum absolute atomic E-state index is 0.0501. The lowest BCUT2D eigenvalue weighted by Gasteiger charge is -2.34. The Kier molecular flexibility index (Phi) is 6.25. The summed E-state index contributed by atoms with van der Waals surface area (Å²) in [7, 11) is -3.69. The van der Waals surface area contributed by atoms with Gasteiger partial charge in [-0.1, -0.05) is 39.5 Å². The topological polar surface area (TPSA) is 110 Å². The normalized spacial score (nSPS) is 25.2. The fraction of sp³-hybridized carbons (Fsp3) is 0.636. The predicted molar refractivity (Wildman–Crippen MR) is 117 cm³/mol. The maximum absolute atomic E-state index is 12.7. The lowest BCUT2D eigenvalue weighted by atomic mass is 9.78. The van der Waals surface area contributed by atoms with Crippen LogP contribution in [0.25, 0.3) is 11.1 Å². The SMILES string of the molecule is CC1CCCC(NC(=O)Cn2c(=O)oc3cc(S(=O)(=O)NC4CCCC4)ccc32)C1C. The van der Waals surface area contributed by atoms with Gasteiger partial charge >= 0.3 is 5.76 Å². The van der Waals surface area contributed by atoms with Crippen LogP contribution in [-0.2, 0) is 21.4 Å². The van der Waals surface area contributed by atoms with Crippen LogP contribution < -0.4 is 15.8 Å². The molecule has 4 rings (SSSR count). The summed E-state index contributed by atoms with van der Waals surface area (Å²) in [4.78, 5) is 25.1. The van der Waals surface area contributed by atoms with Gasteiger partial charge in [-0.2, -0.15) is 0 Å². The predicted octanol–water partition coefficient (Wildman–Crippen LogP) is 2.76. The van der Waals surface area contributed by atoms with Gasteiger partial charge in [0.15, 0.2) is 5.58 Å². The molecule has 9 heteroatoms. The maximum Gasteiger partial charge on any atom is 0.420 e. The first-order valence-corrected chi connectivity index (χ1v) is 12.7. The van der Waals surface area contributed by atoms with E-state index in [-0.39, 0.29) is 35.0 Å². The van der Waals surface area contributed by atoms with Crippen LogP contribution in [0.5, 0.6) is 0 Å². The van der Waals surface area contributed by atoms with E-state index in [0.29, 0.717) is 17.4 Å². The van der Waals surface area contributed by atoms with E-state index in [2.05, 4.69) is 23.9 Å². The van der Waals surface area contributed by atoms with E-state index in [4.69, 9.17) is 4.42 Å². The van der Waals surface area contributed by atoms with Gasteiger partial charge in [0.25, 0.3) is 0 Å². The molecular formula is C22H31N3O5S. The van der Waals surface area contributed by atoms with Gasteiger partial charge < -0.3 is 9.73 Å². The molecule has 1 aromatic carbocycles. The minimum Gasteiger partial charge on any atom is -0.408 e. The van der Waals surface area contributed by atoms with E-state index in [1.807, 2.05) is 0 Å². The first kappa shape index (κ1) is 22.1. The molecule has 2 saturated carbocycles. The molecular weight excluding hydrogens is 418 g/mol. The average molecular weight is 450 g/mol. The Hall–Kier alpha value is -2.13.